The van der Waals surface area contributed by atoms with Crippen LogP contribution >= 0.6 is 0 Å². The van der Waals surface area contributed by atoms with Gasteiger partial charge in [-0.25, -0.2) is 0 Å². The van der Waals surface area contributed by atoms with Gasteiger partial charge >= 0.3 is 0 Å². The van der Waals surface area contributed by atoms with Gasteiger partial charge in [0.2, 0.25) is 0 Å². The van der Waals surface area contributed by atoms with Crippen LogP contribution in [0.3, 0.4) is 0 Å². The highest BCUT2D eigenvalue weighted by atomic mass is 28.4. The zero-order valence-corrected chi connectivity index (χ0v) is 12.6. The third-order valence-corrected chi connectivity index (χ3v) is 9.19. The first-order chi connectivity index (χ1) is 6.64. The van der Waals surface area contributed by atoms with Crippen LogP contribution in [0, 0.1) is 5.92 Å². The Morgan fingerprint density at radius 1 is 1.21 bits per heavy atom. The molecular weight excluding hydrogens is 204 g/mol. The minimum absolute atomic E-state index is 0.177. The molecule has 1 saturated carbocycles. The Labute approximate surface area is 92.7 Å². The Hall–Kier alpha value is 0.394. The summed E-state index contributed by atoms with van der Waals surface area (Å²) in [6.07, 6.45) is 8.89. The van der Waals surface area contributed by atoms with Crippen molar-refractivity contribution in [3.8, 4) is 0 Å². The van der Waals surface area contributed by atoms with Gasteiger partial charge in [-0.15, -0.1) is 0 Å². The Balaban J connectivity index is 2.17. The summed E-state index contributed by atoms with van der Waals surface area (Å²) in [4.78, 5) is 0. The summed E-state index contributed by atoms with van der Waals surface area (Å²) in [7, 11) is -1.40. The standard InChI is InChI=1S/C11H26OSi2/c1-13-12-14(2,3)10-9-11-7-5-4-6-8-11/h11H,4-10,13H2,1-3H3. The normalized spacial score (nSPS) is 20.8. The Kier molecular flexibility index (Phi) is 5.41. The first-order valence-corrected chi connectivity index (χ1v) is 11.4. The van der Waals surface area contributed by atoms with Crippen LogP contribution in [0.4, 0.5) is 0 Å². The van der Waals surface area contributed by atoms with E-state index in [1.165, 1.54) is 44.6 Å². The minimum atomic E-state index is -1.23. The second kappa shape index (κ2) is 6.08. The van der Waals surface area contributed by atoms with Crippen molar-refractivity contribution in [2.24, 2.45) is 5.92 Å². The van der Waals surface area contributed by atoms with E-state index in [4.69, 9.17) is 4.12 Å². The first kappa shape index (κ1) is 12.5. The smallest absolute Gasteiger partial charge is 0.172 e. The molecule has 0 heterocycles. The zero-order chi connectivity index (χ0) is 10.4. The molecule has 0 aromatic carbocycles. The molecule has 0 aromatic heterocycles. The molecule has 14 heavy (non-hydrogen) atoms. The molecule has 0 unspecified atom stereocenters. The molecule has 84 valence electrons. The number of hydrogen-bond acceptors (Lipinski definition) is 1. The zero-order valence-electron chi connectivity index (χ0n) is 10.1. The highest BCUT2D eigenvalue weighted by molar-refractivity contribution is 6.74. The van der Waals surface area contributed by atoms with Gasteiger partial charge in [0.25, 0.3) is 0 Å². The molecule has 0 radical (unpaired) electrons. The summed E-state index contributed by atoms with van der Waals surface area (Å²) < 4.78 is 6.00. The highest BCUT2D eigenvalue weighted by Crippen LogP contribution is 2.29. The van der Waals surface area contributed by atoms with Crippen LogP contribution in [-0.2, 0) is 4.12 Å². The van der Waals surface area contributed by atoms with Crippen LogP contribution in [-0.4, -0.2) is 18.1 Å². The molecule has 1 fully saturated rings. The average Bonchev–Trinajstić information content (AvgIpc) is 2.17. The summed E-state index contributed by atoms with van der Waals surface area (Å²) >= 11 is 0. The monoisotopic (exact) mass is 230 g/mol. The van der Waals surface area contributed by atoms with E-state index < -0.39 is 8.32 Å². The fraction of sp³-hybridized carbons (Fsp3) is 1.00. The maximum absolute atomic E-state index is 6.00. The molecule has 0 amide bonds. The molecule has 0 atom stereocenters. The lowest BCUT2D eigenvalue weighted by molar-refractivity contribution is 0.345. The number of hydrogen-bond donors (Lipinski definition) is 0. The molecule has 0 aromatic rings. The lowest BCUT2D eigenvalue weighted by Gasteiger charge is -2.27. The van der Waals surface area contributed by atoms with Gasteiger partial charge in [0, 0.05) is 0 Å². The maximum Gasteiger partial charge on any atom is 0.172 e. The fourth-order valence-electron chi connectivity index (χ4n) is 2.49. The SMILES string of the molecule is C[SiH2]O[Si](C)(C)CCC1CCCCC1. The molecule has 1 aliphatic rings. The van der Waals surface area contributed by atoms with Crippen LogP contribution in [0.15, 0.2) is 0 Å². The topological polar surface area (TPSA) is 9.23 Å². The van der Waals surface area contributed by atoms with Gasteiger partial charge in [0.15, 0.2) is 8.32 Å². The van der Waals surface area contributed by atoms with Crippen LogP contribution < -0.4 is 0 Å². The largest absolute Gasteiger partial charge is 0.461 e. The predicted octanol–water partition coefficient (Wildman–Crippen LogP) is 3.31. The number of rotatable bonds is 5. The van der Waals surface area contributed by atoms with Gasteiger partial charge in [0.05, 0.1) is 0 Å². The van der Waals surface area contributed by atoms with Crippen molar-refractivity contribution in [3.63, 3.8) is 0 Å². The van der Waals surface area contributed by atoms with Gasteiger partial charge in [0.1, 0.15) is 9.76 Å². The van der Waals surface area contributed by atoms with Crippen molar-refractivity contribution in [1.82, 2.24) is 0 Å². The van der Waals surface area contributed by atoms with Crippen molar-refractivity contribution in [3.05, 3.63) is 0 Å². The van der Waals surface area contributed by atoms with Crippen LogP contribution in [0.1, 0.15) is 38.5 Å². The minimum Gasteiger partial charge on any atom is -0.461 e. The molecule has 1 aliphatic carbocycles. The van der Waals surface area contributed by atoms with Gasteiger partial charge in [-0.2, -0.15) is 0 Å². The summed E-state index contributed by atoms with van der Waals surface area (Å²) in [6, 6.07) is 1.40. The summed E-state index contributed by atoms with van der Waals surface area (Å²) in [6.45, 7) is 7.05. The van der Waals surface area contributed by atoms with Gasteiger partial charge in [-0.05, 0) is 25.1 Å². The second-order valence-electron chi connectivity index (χ2n) is 5.24. The summed E-state index contributed by atoms with van der Waals surface area (Å²) in [5.41, 5.74) is 0. The van der Waals surface area contributed by atoms with Crippen LogP contribution in [0.25, 0.3) is 0 Å². The van der Waals surface area contributed by atoms with E-state index in [0.717, 1.165) is 5.92 Å². The molecule has 0 aliphatic heterocycles. The molecule has 0 bridgehead atoms. The predicted molar refractivity (Wildman–Crippen MR) is 69.0 cm³/mol. The van der Waals surface area contributed by atoms with E-state index >= 15 is 0 Å². The van der Waals surface area contributed by atoms with Gasteiger partial charge in [-0.3, -0.25) is 0 Å². The average molecular weight is 230 g/mol. The fourth-order valence-corrected chi connectivity index (χ4v) is 7.30. The Morgan fingerprint density at radius 2 is 1.86 bits per heavy atom. The van der Waals surface area contributed by atoms with Crippen molar-refractivity contribution >= 4 is 18.1 Å². The molecule has 3 heteroatoms. The third-order valence-electron chi connectivity index (χ3n) is 3.41. The maximum atomic E-state index is 6.00. The van der Waals surface area contributed by atoms with E-state index in [0.29, 0.717) is 0 Å². The van der Waals surface area contributed by atoms with E-state index in [-0.39, 0.29) is 9.76 Å². The van der Waals surface area contributed by atoms with E-state index in [2.05, 4.69) is 19.6 Å². The van der Waals surface area contributed by atoms with Crippen LogP contribution in [0.5, 0.6) is 0 Å². The lowest BCUT2D eigenvalue weighted by Crippen LogP contribution is -2.31. The van der Waals surface area contributed by atoms with E-state index in [9.17, 15) is 0 Å². The van der Waals surface area contributed by atoms with Gasteiger partial charge < -0.3 is 4.12 Å². The second-order valence-corrected chi connectivity index (χ2v) is 11.0. The van der Waals surface area contributed by atoms with Crippen molar-refractivity contribution < 1.29 is 4.12 Å². The molecule has 0 spiro atoms. The van der Waals surface area contributed by atoms with E-state index in [1.807, 2.05) is 0 Å². The van der Waals surface area contributed by atoms with Crippen molar-refractivity contribution in [2.75, 3.05) is 0 Å². The third kappa shape index (κ3) is 4.76. The van der Waals surface area contributed by atoms with E-state index in [1.54, 1.807) is 0 Å². The first-order valence-electron chi connectivity index (χ1n) is 6.28. The molecule has 0 N–H and O–H groups in total. The Bertz CT molecular complexity index is 153. The van der Waals surface area contributed by atoms with Crippen LogP contribution in [0.2, 0.25) is 25.7 Å². The van der Waals surface area contributed by atoms with Crippen molar-refractivity contribution in [1.29, 1.82) is 0 Å². The van der Waals surface area contributed by atoms with Crippen molar-refractivity contribution in [2.45, 2.75) is 64.2 Å². The molecule has 1 rings (SSSR count). The quantitative estimate of drug-likeness (QED) is 0.659. The molecule has 0 saturated heterocycles. The molecular formula is C11H26OSi2. The lowest BCUT2D eigenvalue weighted by atomic mass is 9.88. The summed E-state index contributed by atoms with van der Waals surface area (Å²) in [5, 5.41) is 0. The Morgan fingerprint density at radius 3 is 2.43 bits per heavy atom. The van der Waals surface area contributed by atoms with Gasteiger partial charge in [-0.1, -0.05) is 45.1 Å². The summed E-state index contributed by atoms with van der Waals surface area (Å²) in [5.74, 6) is 1.04. The highest BCUT2D eigenvalue weighted by Gasteiger charge is 2.23. The molecule has 1 nitrogen and oxygen atoms in total.